The van der Waals surface area contributed by atoms with Crippen molar-refractivity contribution in [3.63, 3.8) is 0 Å². The molecule has 1 heterocycles. The predicted octanol–water partition coefficient (Wildman–Crippen LogP) is 2.77. The molecule has 1 atom stereocenters. The van der Waals surface area contributed by atoms with Crippen molar-refractivity contribution in [2.24, 2.45) is 5.92 Å². The van der Waals surface area contributed by atoms with E-state index in [4.69, 9.17) is 9.47 Å². The van der Waals surface area contributed by atoms with Crippen LogP contribution in [0.3, 0.4) is 0 Å². The van der Waals surface area contributed by atoms with Crippen LogP contribution in [0.1, 0.15) is 26.8 Å². The monoisotopic (exact) mass is 303 g/mol. The van der Waals surface area contributed by atoms with Gasteiger partial charge in [0.15, 0.2) is 0 Å². The average molecular weight is 303 g/mol. The van der Waals surface area contributed by atoms with Gasteiger partial charge >= 0.3 is 5.97 Å². The number of rotatable bonds is 5. The highest BCUT2D eigenvalue weighted by Crippen LogP contribution is 2.19. The molecule has 0 bridgehead atoms. The quantitative estimate of drug-likeness (QED) is 0.797. The van der Waals surface area contributed by atoms with Crippen molar-refractivity contribution in [1.82, 2.24) is 4.57 Å². The second-order valence-electron chi connectivity index (χ2n) is 5.68. The molecule has 1 unspecified atom stereocenters. The summed E-state index contributed by atoms with van der Waals surface area (Å²) in [5.41, 5.74) is -0.214. The number of nitrogens with zero attached hydrogens (tertiary/aromatic N) is 1. The number of methoxy groups -OCH3 is 1. The molecular weight excluding hydrogens is 282 g/mol. The second-order valence-corrected chi connectivity index (χ2v) is 5.68. The summed E-state index contributed by atoms with van der Waals surface area (Å²) in [4.78, 5) is 24.6. The van der Waals surface area contributed by atoms with Gasteiger partial charge in [-0.15, -0.1) is 0 Å². The van der Waals surface area contributed by atoms with E-state index in [9.17, 15) is 9.59 Å². The number of carbonyl (C=O) groups excluding carboxylic acids is 1. The Kier molecular flexibility index (Phi) is 4.85. The third kappa shape index (κ3) is 3.30. The zero-order chi connectivity index (χ0) is 16.3. The van der Waals surface area contributed by atoms with Crippen molar-refractivity contribution in [3.05, 3.63) is 40.8 Å². The van der Waals surface area contributed by atoms with Crippen molar-refractivity contribution in [3.8, 4) is 5.75 Å². The third-order valence-electron chi connectivity index (χ3n) is 3.46. The van der Waals surface area contributed by atoms with Crippen LogP contribution < -0.4 is 10.3 Å². The van der Waals surface area contributed by atoms with Crippen LogP contribution in [-0.4, -0.2) is 24.3 Å². The molecule has 118 valence electrons. The van der Waals surface area contributed by atoms with E-state index in [2.05, 4.69) is 0 Å². The number of carbonyl (C=O) groups is 1. The maximum atomic E-state index is 12.5. The standard InChI is InChI=1S/C17H21NO4/c1-11(2)10-22-17(20)12(3)18-8-7-13-9-14(21-4)5-6-15(13)16(18)19/h5-9,11-12H,10H2,1-4H3. The molecule has 0 saturated carbocycles. The highest BCUT2D eigenvalue weighted by molar-refractivity contribution is 5.83. The summed E-state index contributed by atoms with van der Waals surface area (Å²) in [5, 5.41) is 1.33. The number of hydrogen-bond acceptors (Lipinski definition) is 4. The number of aromatic nitrogens is 1. The number of pyridine rings is 1. The Morgan fingerprint density at radius 3 is 2.59 bits per heavy atom. The van der Waals surface area contributed by atoms with Crippen LogP contribution in [0.25, 0.3) is 10.8 Å². The fourth-order valence-electron chi connectivity index (χ4n) is 2.16. The van der Waals surface area contributed by atoms with Crippen LogP contribution in [0.2, 0.25) is 0 Å². The number of benzene rings is 1. The van der Waals surface area contributed by atoms with Crippen molar-refractivity contribution >= 4 is 16.7 Å². The topological polar surface area (TPSA) is 57.5 Å². The minimum atomic E-state index is -0.655. The molecule has 1 aromatic heterocycles. The van der Waals surface area contributed by atoms with Crippen LogP contribution in [-0.2, 0) is 9.53 Å². The van der Waals surface area contributed by atoms with Gasteiger partial charge in [0.05, 0.1) is 13.7 Å². The highest BCUT2D eigenvalue weighted by Gasteiger charge is 2.19. The van der Waals surface area contributed by atoms with Gasteiger partial charge in [-0.05, 0) is 42.5 Å². The summed E-state index contributed by atoms with van der Waals surface area (Å²) >= 11 is 0. The Balaban J connectivity index is 2.34. The lowest BCUT2D eigenvalue weighted by molar-refractivity contribution is -0.148. The molecule has 0 fully saturated rings. The minimum absolute atomic E-state index is 0.214. The minimum Gasteiger partial charge on any atom is -0.497 e. The molecule has 1 aromatic carbocycles. The molecule has 0 aliphatic heterocycles. The molecule has 5 nitrogen and oxygen atoms in total. The fraction of sp³-hybridized carbons (Fsp3) is 0.412. The van der Waals surface area contributed by atoms with Gasteiger partial charge in [0, 0.05) is 11.6 Å². The van der Waals surface area contributed by atoms with Crippen molar-refractivity contribution in [2.75, 3.05) is 13.7 Å². The van der Waals surface area contributed by atoms with E-state index >= 15 is 0 Å². The van der Waals surface area contributed by atoms with Crippen LogP contribution >= 0.6 is 0 Å². The molecule has 22 heavy (non-hydrogen) atoms. The van der Waals surface area contributed by atoms with E-state index < -0.39 is 12.0 Å². The molecule has 5 heteroatoms. The van der Waals surface area contributed by atoms with Gasteiger partial charge in [0.2, 0.25) is 0 Å². The Labute approximate surface area is 129 Å². The lowest BCUT2D eigenvalue weighted by Gasteiger charge is -2.16. The molecule has 0 spiro atoms. The molecule has 2 aromatic rings. The van der Waals surface area contributed by atoms with E-state index in [-0.39, 0.29) is 11.5 Å². The van der Waals surface area contributed by atoms with Crippen molar-refractivity contribution in [2.45, 2.75) is 26.8 Å². The van der Waals surface area contributed by atoms with Crippen LogP contribution in [0.4, 0.5) is 0 Å². The SMILES string of the molecule is COc1ccc2c(=O)n(C(C)C(=O)OCC(C)C)ccc2c1. The maximum absolute atomic E-state index is 12.5. The molecule has 0 N–H and O–H groups in total. The van der Waals surface area contributed by atoms with Crippen LogP contribution in [0.5, 0.6) is 5.75 Å². The number of esters is 1. The first-order chi connectivity index (χ1) is 10.4. The Hall–Kier alpha value is -2.30. The molecule has 0 radical (unpaired) electrons. The smallest absolute Gasteiger partial charge is 0.328 e. The molecule has 0 amide bonds. The summed E-state index contributed by atoms with van der Waals surface area (Å²) in [6.07, 6.45) is 1.62. The highest BCUT2D eigenvalue weighted by atomic mass is 16.5. The van der Waals surface area contributed by atoms with Gasteiger partial charge in [-0.1, -0.05) is 13.8 Å². The van der Waals surface area contributed by atoms with Gasteiger partial charge in [-0.25, -0.2) is 4.79 Å². The van der Waals surface area contributed by atoms with E-state index in [0.29, 0.717) is 17.7 Å². The van der Waals surface area contributed by atoms with Gasteiger partial charge in [-0.3, -0.25) is 4.79 Å². The third-order valence-corrected chi connectivity index (χ3v) is 3.46. The predicted molar refractivity (Wildman–Crippen MR) is 85.3 cm³/mol. The Morgan fingerprint density at radius 1 is 1.23 bits per heavy atom. The summed E-state index contributed by atoms with van der Waals surface area (Å²) in [6.45, 7) is 5.95. The summed E-state index contributed by atoms with van der Waals surface area (Å²) in [7, 11) is 1.58. The Bertz CT molecular complexity index is 733. The number of fused-ring (bicyclic) bond motifs is 1. The number of hydrogen-bond donors (Lipinski definition) is 0. The first-order valence-electron chi connectivity index (χ1n) is 7.29. The molecule has 0 aliphatic carbocycles. The number of ether oxygens (including phenoxy) is 2. The van der Waals surface area contributed by atoms with Crippen molar-refractivity contribution < 1.29 is 14.3 Å². The van der Waals surface area contributed by atoms with Gasteiger partial charge in [0.1, 0.15) is 11.8 Å². The largest absolute Gasteiger partial charge is 0.497 e. The maximum Gasteiger partial charge on any atom is 0.328 e. The fourth-order valence-corrected chi connectivity index (χ4v) is 2.16. The zero-order valence-electron chi connectivity index (χ0n) is 13.3. The average Bonchev–Trinajstić information content (AvgIpc) is 2.51. The first-order valence-corrected chi connectivity index (χ1v) is 7.29. The molecule has 0 saturated heterocycles. The van der Waals surface area contributed by atoms with E-state index in [0.717, 1.165) is 5.39 Å². The van der Waals surface area contributed by atoms with Gasteiger partial charge in [0.25, 0.3) is 5.56 Å². The summed E-state index contributed by atoms with van der Waals surface area (Å²) in [6, 6.07) is 6.38. The van der Waals surface area contributed by atoms with E-state index in [1.54, 1.807) is 44.5 Å². The van der Waals surface area contributed by atoms with Crippen LogP contribution in [0.15, 0.2) is 35.3 Å². The summed E-state index contributed by atoms with van der Waals surface area (Å²) < 4.78 is 11.8. The molecule has 0 aliphatic rings. The van der Waals surface area contributed by atoms with E-state index in [1.165, 1.54) is 4.57 Å². The normalized spacial score (nSPS) is 12.4. The first kappa shape index (κ1) is 16.1. The van der Waals surface area contributed by atoms with E-state index in [1.807, 2.05) is 13.8 Å². The van der Waals surface area contributed by atoms with Crippen LogP contribution in [0, 0.1) is 5.92 Å². The Morgan fingerprint density at radius 2 is 1.95 bits per heavy atom. The van der Waals surface area contributed by atoms with Gasteiger partial charge in [-0.2, -0.15) is 0 Å². The zero-order valence-corrected chi connectivity index (χ0v) is 13.3. The summed E-state index contributed by atoms with van der Waals surface area (Å²) in [5.74, 6) is 0.551. The lowest BCUT2D eigenvalue weighted by atomic mass is 10.1. The van der Waals surface area contributed by atoms with Gasteiger partial charge < -0.3 is 14.0 Å². The van der Waals surface area contributed by atoms with Crippen molar-refractivity contribution in [1.29, 1.82) is 0 Å². The molecule has 2 rings (SSSR count). The molecular formula is C17H21NO4. The second kappa shape index (κ2) is 6.64. The lowest BCUT2D eigenvalue weighted by Crippen LogP contribution is -2.29.